The molecule has 0 amide bonds. The number of benzene rings is 1. The van der Waals surface area contributed by atoms with E-state index in [0.717, 1.165) is 18.5 Å². The van der Waals surface area contributed by atoms with Crippen LogP contribution in [0.2, 0.25) is 0 Å². The van der Waals surface area contributed by atoms with Crippen molar-refractivity contribution in [3.8, 4) is 0 Å². The van der Waals surface area contributed by atoms with Gasteiger partial charge in [-0.05, 0) is 24.6 Å². The quantitative estimate of drug-likeness (QED) is 0.450. The summed E-state index contributed by atoms with van der Waals surface area (Å²) in [4.78, 5) is 13.9. The summed E-state index contributed by atoms with van der Waals surface area (Å²) in [5, 5.41) is 0. The second-order valence-corrected chi connectivity index (χ2v) is 4.77. The summed E-state index contributed by atoms with van der Waals surface area (Å²) in [6, 6.07) is 5.21. The number of hydrogen-bond acceptors (Lipinski definition) is 5. The number of unbranched alkanes of at least 4 members (excludes halogenated alkanes) is 1. The molecule has 0 aliphatic heterocycles. The lowest BCUT2D eigenvalue weighted by Gasteiger charge is -2.17. The molecule has 0 radical (unpaired) electrons. The fraction of sp³-hybridized carbons (Fsp3) is 0.533. The van der Waals surface area contributed by atoms with Crippen LogP contribution >= 0.6 is 0 Å². The van der Waals surface area contributed by atoms with Crippen molar-refractivity contribution in [2.45, 2.75) is 19.8 Å². The van der Waals surface area contributed by atoms with Gasteiger partial charge in [-0.1, -0.05) is 13.3 Å². The Labute approximate surface area is 120 Å². The van der Waals surface area contributed by atoms with E-state index in [-0.39, 0.29) is 12.6 Å². The molecule has 112 valence electrons. The number of nitrogen functional groups attached to an aromatic ring is 1. The van der Waals surface area contributed by atoms with Gasteiger partial charge in [0, 0.05) is 26.4 Å². The second kappa shape index (κ2) is 8.43. The van der Waals surface area contributed by atoms with Gasteiger partial charge in [0.1, 0.15) is 6.61 Å². The van der Waals surface area contributed by atoms with Gasteiger partial charge in [-0.25, -0.2) is 4.79 Å². The van der Waals surface area contributed by atoms with Crippen molar-refractivity contribution in [3.63, 3.8) is 0 Å². The van der Waals surface area contributed by atoms with Crippen LogP contribution in [0.5, 0.6) is 0 Å². The van der Waals surface area contributed by atoms with E-state index in [1.165, 1.54) is 0 Å². The number of esters is 1. The summed E-state index contributed by atoms with van der Waals surface area (Å²) in [6.07, 6.45) is 2.11. The molecular formula is C15H24N2O3. The van der Waals surface area contributed by atoms with Gasteiger partial charge in [0.05, 0.1) is 17.9 Å². The van der Waals surface area contributed by atoms with Gasteiger partial charge in [0.15, 0.2) is 0 Å². The van der Waals surface area contributed by atoms with E-state index in [1.54, 1.807) is 12.1 Å². The Hall–Kier alpha value is -1.75. The van der Waals surface area contributed by atoms with Gasteiger partial charge < -0.3 is 20.1 Å². The Bertz CT molecular complexity index is 433. The van der Waals surface area contributed by atoms with Crippen molar-refractivity contribution in [2.75, 3.05) is 44.5 Å². The zero-order chi connectivity index (χ0) is 15.0. The third-order valence-electron chi connectivity index (χ3n) is 2.83. The largest absolute Gasteiger partial charge is 0.460 e. The maximum Gasteiger partial charge on any atom is 0.340 e. The van der Waals surface area contributed by atoms with Crippen LogP contribution < -0.4 is 10.6 Å². The van der Waals surface area contributed by atoms with E-state index in [4.69, 9.17) is 15.2 Å². The average molecular weight is 280 g/mol. The van der Waals surface area contributed by atoms with Crippen molar-refractivity contribution in [1.82, 2.24) is 0 Å². The Kier molecular flexibility index (Phi) is 6.87. The van der Waals surface area contributed by atoms with Crippen molar-refractivity contribution in [2.24, 2.45) is 0 Å². The highest BCUT2D eigenvalue weighted by atomic mass is 16.6. The minimum absolute atomic E-state index is 0.254. The molecule has 1 rings (SSSR count). The molecule has 20 heavy (non-hydrogen) atoms. The first-order chi connectivity index (χ1) is 9.56. The number of hydrogen-bond donors (Lipinski definition) is 1. The summed E-state index contributed by atoms with van der Waals surface area (Å²) >= 11 is 0. The summed E-state index contributed by atoms with van der Waals surface area (Å²) in [6.45, 7) is 3.48. The number of nitrogens with zero attached hydrogens (tertiary/aromatic N) is 1. The Morgan fingerprint density at radius 2 is 2.00 bits per heavy atom. The molecule has 5 nitrogen and oxygen atoms in total. The minimum atomic E-state index is -0.375. The molecule has 0 atom stereocenters. The van der Waals surface area contributed by atoms with Crippen LogP contribution in [0.1, 0.15) is 30.1 Å². The van der Waals surface area contributed by atoms with Gasteiger partial charge in [0.25, 0.3) is 0 Å². The van der Waals surface area contributed by atoms with E-state index >= 15 is 0 Å². The molecule has 5 heteroatoms. The molecule has 0 fully saturated rings. The molecular weight excluding hydrogens is 256 g/mol. The molecule has 0 bridgehead atoms. The average Bonchev–Trinajstić information content (AvgIpc) is 2.42. The predicted octanol–water partition coefficient (Wildman–Crippen LogP) is 2.31. The lowest BCUT2D eigenvalue weighted by molar-refractivity contribution is 0.0314. The van der Waals surface area contributed by atoms with Crippen molar-refractivity contribution >= 4 is 17.3 Å². The number of rotatable bonds is 8. The molecule has 0 aromatic heterocycles. The van der Waals surface area contributed by atoms with E-state index in [9.17, 15) is 4.79 Å². The highest BCUT2D eigenvalue weighted by molar-refractivity contribution is 5.96. The number of ether oxygens (including phenoxy) is 2. The van der Waals surface area contributed by atoms with Gasteiger partial charge >= 0.3 is 5.97 Å². The number of nitrogens with two attached hydrogens (primary N) is 1. The zero-order valence-electron chi connectivity index (χ0n) is 12.5. The fourth-order valence-corrected chi connectivity index (χ4v) is 1.73. The first-order valence-corrected chi connectivity index (χ1v) is 6.88. The van der Waals surface area contributed by atoms with Crippen molar-refractivity contribution in [1.29, 1.82) is 0 Å². The monoisotopic (exact) mass is 280 g/mol. The molecule has 0 spiro atoms. The number of carbonyl (C=O) groups excluding carboxylic acids is 1. The number of anilines is 2. The van der Waals surface area contributed by atoms with E-state index in [2.05, 4.69) is 6.92 Å². The summed E-state index contributed by atoms with van der Waals surface area (Å²) in [5.41, 5.74) is 7.53. The van der Waals surface area contributed by atoms with E-state index < -0.39 is 0 Å². The first-order valence-electron chi connectivity index (χ1n) is 6.88. The maximum absolute atomic E-state index is 12.1. The van der Waals surface area contributed by atoms with Crippen LogP contribution in [-0.2, 0) is 9.47 Å². The Morgan fingerprint density at radius 1 is 1.25 bits per heavy atom. The topological polar surface area (TPSA) is 64.8 Å². The van der Waals surface area contributed by atoms with Crippen molar-refractivity contribution in [3.05, 3.63) is 23.8 Å². The van der Waals surface area contributed by atoms with Crippen LogP contribution in [0.15, 0.2) is 18.2 Å². The zero-order valence-corrected chi connectivity index (χ0v) is 12.5. The fourth-order valence-electron chi connectivity index (χ4n) is 1.73. The van der Waals surface area contributed by atoms with Crippen LogP contribution in [0, 0.1) is 0 Å². The lowest BCUT2D eigenvalue weighted by Crippen LogP contribution is -2.17. The SMILES string of the molecule is CCCCOCCOC(=O)c1cc(N)ccc1N(C)C. The van der Waals surface area contributed by atoms with Crippen molar-refractivity contribution < 1.29 is 14.3 Å². The smallest absolute Gasteiger partial charge is 0.340 e. The normalized spacial score (nSPS) is 10.3. The molecule has 0 aliphatic carbocycles. The molecule has 0 saturated heterocycles. The summed E-state index contributed by atoms with van der Waals surface area (Å²) in [7, 11) is 3.74. The molecule has 0 heterocycles. The molecule has 0 saturated carbocycles. The standard InChI is InChI=1S/C15H24N2O3/c1-4-5-8-19-9-10-20-15(18)13-11-12(16)6-7-14(13)17(2)3/h6-7,11H,4-5,8-10,16H2,1-3H3. The molecule has 1 aromatic carbocycles. The van der Waals surface area contributed by atoms with E-state index in [0.29, 0.717) is 24.5 Å². The lowest BCUT2D eigenvalue weighted by atomic mass is 10.1. The number of carbonyl (C=O) groups is 1. The predicted molar refractivity (Wildman–Crippen MR) is 81.2 cm³/mol. The van der Waals surface area contributed by atoms with Crippen LogP contribution in [0.3, 0.4) is 0 Å². The summed E-state index contributed by atoms with van der Waals surface area (Å²) in [5.74, 6) is -0.375. The first kappa shape index (κ1) is 16.3. The Balaban J connectivity index is 2.52. The second-order valence-electron chi connectivity index (χ2n) is 4.77. The van der Waals surface area contributed by atoms with E-state index in [1.807, 2.05) is 25.1 Å². The maximum atomic E-state index is 12.1. The minimum Gasteiger partial charge on any atom is -0.460 e. The van der Waals surface area contributed by atoms with Crippen LogP contribution in [-0.4, -0.2) is 39.9 Å². The van der Waals surface area contributed by atoms with Gasteiger partial charge in [-0.3, -0.25) is 0 Å². The molecule has 0 unspecified atom stereocenters. The van der Waals surface area contributed by atoms with Gasteiger partial charge in [0.2, 0.25) is 0 Å². The Morgan fingerprint density at radius 3 is 2.65 bits per heavy atom. The molecule has 2 N–H and O–H groups in total. The third-order valence-corrected chi connectivity index (χ3v) is 2.83. The highest BCUT2D eigenvalue weighted by Crippen LogP contribution is 2.22. The van der Waals surface area contributed by atoms with Crippen LogP contribution in [0.4, 0.5) is 11.4 Å². The third kappa shape index (κ3) is 5.09. The van der Waals surface area contributed by atoms with Crippen LogP contribution in [0.25, 0.3) is 0 Å². The molecule has 1 aromatic rings. The molecule has 0 aliphatic rings. The highest BCUT2D eigenvalue weighted by Gasteiger charge is 2.14. The summed E-state index contributed by atoms with van der Waals surface area (Å²) < 4.78 is 10.6. The van der Waals surface area contributed by atoms with Gasteiger partial charge in [-0.15, -0.1) is 0 Å². The van der Waals surface area contributed by atoms with Gasteiger partial charge in [-0.2, -0.15) is 0 Å².